The number of aromatic nitrogens is 2. The number of carbonyl (C=O) groups excluding carboxylic acids is 1. The second-order valence-corrected chi connectivity index (χ2v) is 5.57. The van der Waals surface area contributed by atoms with Crippen LogP contribution in [0.2, 0.25) is 0 Å². The van der Waals surface area contributed by atoms with Crippen LogP contribution in [0.3, 0.4) is 0 Å². The van der Waals surface area contributed by atoms with E-state index in [-0.39, 0.29) is 5.78 Å². The number of ketones is 1. The lowest BCUT2D eigenvalue weighted by Crippen LogP contribution is -2.07. The molecule has 3 aromatic rings. The van der Waals surface area contributed by atoms with E-state index in [1.165, 1.54) is 5.56 Å². The van der Waals surface area contributed by atoms with Gasteiger partial charge >= 0.3 is 0 Å². The zero-order valence-corrected chi connectivity index (χ0v) is 12.8. The second kappa shape index (κ2) is 4.85. The van der Waals surface area contributed by atoms with Crippen molar-refractivity contribution in [2.45, 2.75) is 20.8 Å². The van der Waals surface area contributed by atoms with Gasteiger partial charge in [0, 0.05) is 18.0 Å². The van der Waals surface area contributed by atoms with Gasteiger partial charge in [-0.1, -0.05) is 24.3 Å². The summed E-state index contributed by atoms with van der Waals surface area (Å²) in [7, 11) is 1.87. The third-order valence-electron chi connectivity index (χ3n) is 4.06. The highest BCUT2D eigenvalue weighted by Gasteiger charge is 2.19. The van der Waals surface area contributed by atoms with Crippen LogP contribution in [-0.4, -0.2) is 15.6 Å². The molecule has 0 bridgehead atoms. The highest BCUT2D eigenvalue weighted by atomic mass is 16.1. The summed E-state index contributed by atoms with van der Waals surface area (Å²) in [4.78, 5) is 12.9. The first-order chi connectivity index (χ1) is 9.99. The monoisotopic (exact) mass is 278 g/mol. The number of nitrogens with zero attached hydrogens (tertiary/aromatic N) is 2. The molecule has 0 amide bonds. The van der Waals surface area contributed by atoms with E-state index in [0.29, 0.717) is 5.69 Å². The van der Waals surface area contributed by atoms with E-state index in [0.717, 1.165) is 27.6 Å². The van der Waals surface area contributed by atoms with Crippen molar-refractivity contribution in [2.75, 3.05) is 0 Å². The number of carbonyl (C=O) groups is 1. The van der Waals surface area contributed by atoms with Gasteiger partial charge in [0.2, 0.25) is 5.78 Å². The number of para-hydroxylation sites is 1. The Bertz CT molecular complexity index is 859. The molecular weight excluding hydrogens is 260 g/mol. The Morgan fingerprint density at radius 1 is 1.00 bits per heavy atom. The molecule has 21 heavy (non-hydrogen) atoms. The van der Waals surface area contributed by atoms with Crippen LogP contribution in [0.1, 0.15) is 32.7 Å². The lowest BCUT2D eigenvalue weighted by molar-refractivity contribution is 0.103. The molecule has 3 nitrogen and oxygen atoms in total. The summed E-state index contributed by atoms with van der Waals surface area (Å²) in [6.07, 6.45) is 0. The van der Waals surface area contributed by atoms with Gasteiger partial charge in [-0.15, -0.1) is 0 Å². The Morgan fingerprint density at radius 2 is 1.67 bits per heavy atom. The average molecular weight is 278 g/mol. The molecule has 0 N–H and O–H groups in total. The zero-order chi connectivity index (χ0) is 15.1. The lowest BCUT2D eigenvalue weighted by atomic mass is 9.96. The summed E-state index contributed by atoms with van der Waals surface area (Å²) in [5, 5.41) is 5.33. The smallest absolute Gasteiger partial charge is 0.214 e. The van der Waals surface area contributed by atoms with Gasteiger partial charge in [-0.3, -0.25) is 9.48 Å². The number of hydrogen-bond donors (Lipinski definition) is 0. The molecule has 0 unspecified atom stereocenters. The Labute approximate surface area is 124 Å². The Hall–Kier alpha value is -2.42. The first kappa shape index (κ1) is 13.6. The van der Waals surface area contributed by atoms with Crippen LogP contribution in [0, 0.1) is 20.8 Å². The van der Waals surface area contributed by atoms with Gasteiger partial charge in [-0.2, -0.15) is 5.10 Å². The molecule has 3 rings (SSSR count). The molecule has 0 aliphatic carbocycles. The van der Waals surface area contributed by atoms with Crippen molar-refractivity contribution in [3.05, 3.63) is 64.3 Å². The van der Waals surface area contributed by atoms with Crippen molar-refractivity contribution in [1.29, 1.82) is 0 Å². The average Bonchev–Trinajstić information content (AvgIpc) is 2.80. The van der Waals surface area contributed by atoms with Gasteiger partial charge in [0.15, 0.2) is 0 Å². The van der Waals surface area contributed by atoms with Crippen LogP contribution < -0.4 is 0 Å². The maximum absolute atomic E-state index is 12.9. The van der Waals surface area contributed by atoms with E-state index in [2.05, 4.69) is 18.1 Å². The van der Waals surface area contributed by atoms with E-state index in [9.17, 15) is 4.79 Å². The van der Waals surface area contributed by atoms with E-state index < -0.39 is 0 Å². The molecule has 2 aromatic carbocycles. The Morgan fingerprint density at radius 3 is 2.43 bits per heavy atom. The summed E-state index contributed by atoms with van der Waals surface area (Å²) < 4.78 is 1.76. The van der Waals surface area contributed by atoms with Gasteiger partial charge in [0.05, 0.1) is 5.52 Å². The molecule has 0 saturated carbocycles. The van der Waals surface area contributed by atoms with Crippen LogP contribution in [0.25, 0.3) is 10.9 Å². The predicted octanol–water partition coefficient (Wildman–Crippen LogP) is 3.73. The molecule has 0 atom stereocenters. The molecular formula is C18H18N2O. The largest absolute Gasteiger partial charge is 0.287 e. The van der Waals surface area contributed by atoms with Crippen LogP contribution in [-0.2, 0) is 7.05 Å². The van der Waals surface area contributed by atoms with Crippen LogP contribution >= 0.6 is 0 Å². The van der Waals surface area contributed by atoms with Crippen molar-refractivity contribution in [3.8, 4) is 0 Å². The van der Waals surface area contributed by atoms with Crippen molar-refractivity contribution >= 4 is 16.7 Å². The SMILES string of the molecule is Cc1cc(C)c(C(=O)c2nn(C)c3ccccc23)cc1C. The van der Waals surface area contributed by atoms with Crippen LogP contribution in [0.5, 0.6) is 0 Å². The molecule has 0 saturated heterocycles. The molecule has 3 heteroatoms. The molecule has 0 spiro atoms. The number of benzene rings is 2. The highest BCUT2D eigenvalue weighted by Crippen LogP contribution is 2.23. The van der Waals surface area contributed by atoms with Gasteiger partial charge in [0.1, 0.15) is 5.69 Å². The molecule has 0 fully saturated rings. The second-order valence-electron chi connectivity index (χ2n) is 5.57. The molecule has 0 aliphatic rings. The summed E-state index contributed by atoms with van der Waals surface area (Å²) in [5.74, 6) is -0.00704. The topological polar surface area (TPSA) is 34.9 Å². The van der Waals surface area contributed by atoms with Crippen molar-refractivity contribution in [1.82, 2.24) is 9.78 Å². The van der Waals surface area contributed by atoms with E-state index in [1.807, 2.05) is 51.2 Å². The highest BCUT2D eigenvalue weighted by molar-refractivity contribution is 6.15. The van der Waals surface area contributed by atoms with Gasteiger partial charge < -0.3 is 0 Å². The minimum absolute atomic E-state index is 0.00704. The van der Waals surface area contributed by atoms with Crippen LogP contribution in [0.4, 0.5) is 0 Å². The van der Waals surface area contributed by atoms with Crippen molar-refractivity contribution in [2.24, 2.45) is 7.05 Å². The molecule has 1 heterocycles. The maximum Gasteiger partial charge on any atom is 0.214 e. The number of fused-ring (bicyclic) bond motifs is 1. The van der Waals surface area contributed by atoms with Gasteiger partial charge in [-0.25, -0.2) is 0 Å². The van der Waals surface area contributed by atoms with Crippen molar-refractivity contribution in [3.63, 3.8) is 0 Å². The molecule has 1 aromatic heterocycles. The first-order valence-corrected chi connectivity index (χ1v) is 7.03. The van der Waals surface area contributed by atoms with E-state index in [4.69, 9.17) is 0 Å². The Balaban J connectivity index is 2.20. The van der Waals surface area contributed by atoms with Crippen LogP contribution in [0.15, 0.2) is 36.4 Å². The fourth-order valence-electron chi connectivity index (χ4n) is 2.71. The zero-order valence-electron chi connectivity index (χ0n) is 12.8. The van der Waals surface area contributed by atoms with Gasteiger partial charge in [-0.05, 0) is 49.6 Å². The number of hydrogen-bond acceptors (Lipinski definition) is 2. The first-order valence-electron chi connectivity index (χ1n) is 7.03. The fourth-order valence-corrected chi connectivity index (χ4v) is 2.71. The van der Waals surface area contributed by atoms with E-state index in [1.54, 1.807) is 4.68 Å². The minimum atomic E-state index is -0.00704. The van der Waals surface area contributed by atoms with Gasteiger partial charge in [0.25, 0.3) is 0 Å². The molecule has 0 radical (unpaired) electrons. The quantitative estimate of drug-likeness (QED) is 0.669. The number of rotatable bonds is 2. The third kappa shape index (κ3) is 2.15. The summed E-state index contributed by atoms with van der Waals surface area (Å²) in [5.41, 5.74) is 5.57. The summed E-state index contributed by atoms with van der Waals surface area (Å²) >= 11 is 0. The molecule has 106 valence electrons. The summed E-state index contributed by atoms with van der Waals surface area (Å²) in [6, 6.07) is 11.9. The molecule has 0 aliphatic heterocycles. The Kier molecular flexibility index (Phi) is 3.13. The lowest BCUT2D eigenvalue weighted by Gasteiger charge is -2.08. The normalized spacial score (nSPS) is 11.0. The van der Waals surface area contributed by atoms with E-state index >= 15 is 0 Å². The summed E-state index contributed by atoms with van der Waals surface area (Å²) in [6.45, 7) is 6.07. The predicted molar refractivity (Wildman–Crippen MR) is 84.8 cm³/mol. The maximum atomic E-state index is 12.9. The standard InChI is InChI=1S/C18H18N2O/c1-11-9-13(3)15(10-12(11)2)18(21)17-14-7-5-6-8-16(14)20(4)19-17/h5-10H,1-4H3. The fraction of sp³-hybridized carbons (Fsp3) is 0.222. The van der Waals surface area contributed by atoms with Crippen molar-refractivity contribution < 1.29 is 4.79 Å². The minimum Gasteiger partial charge on any atom is -0.287 e. The third-order valence-corrected chi connectivity index (χ3v) is 4.06. The number of aryl methyl sites for hydroxylation is 4.